The molecule has 74 heavy (non-hydrogen) atoms. The minimum atomic E-state index is -0.778. The van der Waals surface area contributed by atoms with Crippen LogP contribution in [0.1, 0.15) is 323 Å². The molecule has 1 atom stereocenters. The molecule has 428 valence electrons. The van der Waals surface area contributed by atoms with Crippen LogP contribution in [0.5, 0.6) is 0 Å². The zero-order valence-electron chi connectivity index (χ0n) is 49.1. The van der Waals surface area contributed by atoms with Crippen molar-refractivity contribution in [3.8, 4) is 0 Å². The van der Waals surface area contributed by atoms with E-state index in [0.717, 1.165) is 96.3 Å². The summed E-state index contributed by atoms with van der Waals surface area (Å²) in [5, 5.41) is 0. The molecule has 0 aliphatic heterocycles. The predicted molar refractivity (Wildman–Crippen MR) is 321 cm³/mol. The lowest BCUT2D eigenvalue weighted by atomic mass is 10.0. The molecule has 0 spiro atoms. The van der Waals surface area contributed by atoms with E-state index in [4.69, 9.17) is 14.2 Å². The highest BCUT2D eigenvalue weighted by atomic mass is 16.6. The molecule has 0 saturated heterocycles. The lowest BCUT2D eigenvalue weighted by molar-refractivity contribution is -0.167. The molecular formula is C68H120O6. The number of unbranched alkanes of at least 4 members (excludes halogenated alkanes) is 35. The number of hydrogen-bond donors (Lipinski definition) is 0. The second kappa shape index (κ2) is 62.4. The van der Waals surface area contributed by atoms with Gasteiger partial charge in [0, 0.05) is 19.3 Å². The summed E-state index contributed by atoms with van der Waals surface area (Å²) in [7, 11) is 0. The minimum Gasteiger partial charge on any atom is -0.462 e. The Morgan fingerprint density at radius 2 is 0.486 bits per heavy atom. The van der Waals surface area contributed by atoms with Crippen LogP contribution in [0.3, 0.4) is 0 Å². The molecule has 0 saturated carbocycles. The third kappa shape index (κ3) is 59.7. The van der Waals surface area contributed by atoms with Gasteiger partial charge in [0.25, 0.3) is 0 Å². The molecule has 0 N–H and O–H groups in total. The molecule has 6 nitrogen and oxygen atoms in total. The van der Waals surface area contributed by atoms with Crippen LogP contribution in [-0.2, 0) is 28.6 Å². The molecule has 0 heterocycles. The molecule has 0 rings (SSSR count). The highest BCUT2D eigenvalue weighted by Crippen LogP contribution is 2.16. The quantitative estimate of drug-likeness (QED) is 0.0261. The van der Waals surface area contributed by atoms with Crippen LogP contribution in [0.25, 0.3) is 0 Å². The molecule has 0 aliphatic carbocycles. The number of carbonyl (C=O) groups is 3. The Bertz CT molecular complexity index is 1370. The molecule has 0 aromatic heterocycles. The van der Waals surface area contributed by atoms with Gasteiger partial charge < -0.3 is 14.2 Å². The van der Waals surface area contributed by atoms with Crippen LogP contribution < -0.4 is 0 Å². The zero-order valence-corrected chi connectivity index (χ0v) is 49.1. The monoisotopic (exact) mass is 1030 g/mol. The van der Waals surface area contributed by atoms with Crippen LogP contribution >= 0.6 is 0 Å². The summed E-state index contributed by atoms with van der Waals surface area (Å²) < 4.78 is 16.8. The summed E-state index contributed by atoms with van der Waals surface area (Å²) in [5.74, 6) is -0.890. The summed E-state index contributed by atoms with van der Waals surface area (Å²) >= 11 is 0. The Morgan fingerprint density at radius 3 is 0.784 bits per heavy atom. The van der Waals surface area contributed by atoms with Crippen molar-refractivity contribution in [1.29, 1.82) is 0 Å². The Hall–Kier alpha value is -3.15. The summed E-state index contributed by atoms with van der Waals surface area (Å²) in [6.07, 6.45) is 80.9. The summed E-state index contributed by atoms with van der Waals surface area (Å²) in [4.78, 5) is 38.0. The van der Waals surface area contributed by atoms with Crippen molar-refractivity contribution in [2.24, 2.45) is 0 Å². The van der Waals surface area contributed by atoms with Crippen LogP contribution in [0.2, 0.25) is 0 Å². The maximum atomic E-state index is 12.8. The fraction of sp³-hybridized carbons (Fsp3) is 0.779. The number of esters is 3. The lowest BCUT2D eigenvalue weighted by Crippen LogP contribution is -2.30. The van der Waals surface area contributed by atoms with Crippen molar-refractivity contribution in [1.82, 2.24) is 0 Å². The van der Waals surface area contributed by atoms with Gasteiger partial charge in [-0.1, -0.05) is 280 Å². The maximum Gasteiger partial charge on any atom is 0.306 e. The third-order valence-electron chi connectivity index (χ3n) is 13.9. The van der Waals surface area contributed by atoms with Crippen molar-refractivity contribution in [2.45, 2.75) is 329 Å². The van der Waals surface area contributed by atoms with E-state index in [-0.39, 0.29) is 31.1 Å². The average Bonchev–Trinajstić information content (AvgIpc) is 3.40. The van der Waals surface area contributed by atoms with Crippen molar-refractivity contribution in [3.63, 3.8) is 0 Å². The summed E-state index contributed by atoms with van der Waals surface area (Å²) in [5.41, 5.74) is 0. The van der Waals surface area contributed by atoms with Crippen molar-refractivity contribution in [3.05, 3.63) is 72.9 Å². The van der Waals surface area contributed by atoms with Crippen LogP contribution in [0.15, 0.2) is 72.9 Å². The highest BCUT2D eigenvalue weighted by Gasteiger charge is 2.19. The first-order valence-corrected chi connectivity index (χ1v) is 31.9. The molecule has 0 aliphatic rings. The number of rotatable bonds is 58. The first-order chi connectivity index (χ1) is 36.5. The van der Waals surface area contributed by atoms with E-state index in [1.165, 1.54) is 186 Å². The number of allylic oxidation sites excluding steroid dienone is 12. The fourth-order valence-corrected chi connectivity index (χ4v) is 9.11. The van der Waals surface area contributed by atoms with Crippen molar-refractivity contribution in [2.75, 3.05) is 13.2 Å². The lowest BCUT2D eigenvalue weighted by Gasteiger charge is -2.18. The van der Waals surface area contributed by atoms with Gasteiger partial charge in [0.1, 0.15) is 13.2 Å². The van der Waals surface area contributed by atoms with Crippen LogP contribution in [0, 0.1) is 0 Å². The van der Waals surface area contributed by atoms with Crippen LogP contribution in [-0.4, -0.2) is 37.2 Å². The maximum absolute atomic E-state index is 12.8. The Morgan fingerprint density at radius 1 is 0.270 bits per heavy atom. The van der Waals surface area contributed by atoms with Gasteiger partial charge in [0.15, 0.2) is 6.10 Å². The number of hydrogen-bond acceptors (Lipinski definition) is 6. The van der Waals surface area contributed by atoms with Gasteiger partial charge in [0.05, 0.1) is 0 Å². The molecular weight excluding hydrogens is 913 g/mol. The molecule has 0 bridgehead atoms. The van der Waals surface area contributed by atoms with E-state index >= 15 is 0 Å². The van der Waals surface area contributed by atoms with E-state index in [1.807, 2.05) is 0 Å². The predicted octanol–water partition coefficient (Wildman–Crippen LogP) is 21.7. The van der Waals surface area contributed by atoms with Gasteiger partial charge >= 0.3 is 17.9 Å². The summed E-state index contributed by atoms with van der Waals surface area (Å²) in [6.45, 7) is 6.56. The van der Waals surface area contributed by atoms with Crippen LogP contribution in [0.4, 0.5) is 0 Å². The van der Waals surface area contributed by atoms with Crippen molar-refractivity contribution < 1.29 is 28.6 Å². The largest absolute Gasteiger partial charge is 0.462 e. The van der Waals surface area contributed by atoms with Gasteiger partial charge in [-0.3, -0.25) is 14.4 Å². The molecule has 0 aromatic carbocycles. The van der Waals surface area contributed by atoms with Gasteiger partial charge in [-0.25, -0.2) is 0 Å². The Balaban J connectivity index is 4.04. The topological polar surface area (TPSA) is 78.9 Å². The first-order valence-electron chi connectivity index (χ1n) is 31.9. The number of carbonyl (C=O) groups excluding carboxylic acids is 3. The molecule has 0 aromatic rings. The molecule has 0 radical (unpaired) electrons. The average molecular weight is 1030 g/mol. The second-order valence-corrected chi connectivity index (χ2v) is 21.3. The van der Waals surface area contributed by atoms with E-state index in [9.17, 15) is 14.4 Å². The molecule has 0 fully saturated rings. The Labute approximate surface area is 459 Å². The van der Waals surface area contributed by atoms with Gasteiger partial charge in [0.2, 0.25) is 0 Å². The first kappa shape index (κ1) is 70.8. The normalized spacial score (nSPS) is 12.5. The SMILES string of the molecule is CCCCC/C=C\C/C=C\C/C=C\CCCCCCCCC(=O)OC(COC(=O)CCCCCCCC)COC(=O)CCCCCCCCCCCCCCCCCC/C=C\C/C=C\C/C=C\CCCCCCC. The number of ether oxygens (including phenoxy) is 3. The zero-order chi connectivity index (χ0) is 53.6. The van der Waals surface area contributed by atoms with E-state index in [0.29, 0.717) is 19.3 Å². The third-order valence-corrected chi connectivity index (χ3v) is 13.9. The highest BCUT2D eigenvalue weighted by molar-refractivity contribution is 5.71. The second-order valence-electron chi connectivity index (χ2n) is 21.3. The molecule has 0 amide bonds. The fourth-order valence-electron chi connectivity index (χ4n) is 9.11. The van der Waals surface area contributed by atoms with E-state index in [1.54, 1.807) is 0 Å². The van der Waals surface area contributed by atoms with Gasteiger partial charge in [-0.15, -0.1) is 0 Å². The van der Waals surface area contributed by atoms with E-state index < -0.39 is 6.10 Å². The van der Waals surface area contributed by atoms with Crippen molar-refractivity contribution >= 4 is 17.9 Å². The van der Waals surface area contributed by atoms with Gasteiger partial charge in [-0.2, -0.15) is 0 Å². The smallest absolute Gasteiger partial charge is 0.306 e. The van der Waals surface area contributed by atoms with Gasteiger partial charge in [-0.05, 0) is 96.3 Å². The molecule has 1 unspecified atom stereocenters. The molecule has 6 heteroatoms. The Kier molecular flexibility index (Phi) is 59.7. The van der Waals surface area contributed by atoms with E-state index in [2.05, 4.69) is 93.7 Å². The standard InChI is InChI=1S/C68H120O6/c1-4-7-10-13-16-18-20-22-24-26-28-29-30-31-32-33-34-35-36-37-38-39-41-42-44-46-48-50-52-55-58-61-67(70)73-64-65(63-72-66(69)60-57-54-15-12-9-6-3)74-68(71)62-59-56-53-51-49-47-45-43-40-27-25-23-21-19-17-14-11-8-5-2/h17,19-20,22-23,25-26,28,30-31,40,43,65H,4-16,18,21,24,27,29,32-39,41-42,44-64H2,1-3H3/b19-17-,22-20-,25-23-,28-26-,31-30-,43-40-. The summed E-state index contributed by atoms with van der Waals surface area (Å²) in [6, 6.07) is 0. The minimum absolute atomic E-state index is 0.0784.